The second-order valence-electron chi connectivity index (χ2n) is 8.16. The van der Waals surface area contributed by atoms with Crippen molar-refractivity contribution in [3.05, 3.63) is 40.6 Å². The van der Waals surface area contributed by atoms with Crippen molar-refractivity contribution in [2.45, 2.75) is 38.4 Å². The average Bonchev–Trinajstić information content (AvgIpc) is 3.09. The van der Waals surface area contributed by atoms with Gasteiger partial charge in [-0.1, -0.05) is 0 Å². The number of rotatable bonds is 6. The summed E-state index contributed by atoms with van der Waals surface area (Å²) in [5, 5.41) is 50.2. The van der Waals surface area contributed by atoms with Gasteiger partial charge in [-0.2, -0.15) is 0 Å². The second kappa shape index (κ2) is 9.87. The fourth-order valence-electron chi connectivity index (χ4n) is 3.82. The van der Waals surface area contributed by atoms with E-state index in [-0.39, 0.29) is 22.3 Å². The highest BCUT2D eigenvalue weighted by molar-refractivity contribution is 5.88. The molecule has 1 aliphatic heterocycles. The van der Waals surface area contributed by atoms with Crippen LogP contribution in [-0.4, -0.2) is 68.7 Å². The quantitative estimate of drug-likeness (QED) is 0.231. The third kappa shape index (κ3) is 5.08. The standard InChI is InChI=1S/C24H22O13/c1-9(25)33-8-17-22(34-10(2)26)20(32)24(36-17)37-23-19(31)18-15(30)6-12(27)7-16(18)35-21(23)11-3-4-13(28)14(29)5-11/h3-7,17,20,22,24,27-30,32H,8H2,1-2H3/t17-,20+,22-,24-/m1/s1. The molecule has 1 fully saturated rings. The van der Waals surface area contributed by atoms with Crippen molar-refractivity contribution in [1.82, 2.24) is 0 Å². The molecule has 1 aromatic heterocycles. The second-order valence-corrected chi connectivity index (χ2v) is 8.16. The number of aromatic hydroxyl groups is 4. The Labute approximate surface area is 207 Å². The van der Waals surface area contributed by atoms with E-state index in [2.05, 4.69) is 0 Å². The predicted octanol–water partition coefficient (Wildman–Crippen LogP) is 1.24. The number of hydrogen-bond acceptors (Lipinski definition) is 13. The molecule has 0 bridgehead atoms. The molecule has 0 unspecified atom stereocenters. The normalized spacial score (nSPS) is 21.1. The summed E-state index contributed by atoms with van der Waals surface area (Å²) in [6, 6.07) is 5.43. The molecule has 37 heavy (non-hydrogen) atoms. The number of carbonyl (C=O) groups excluding carboxylic acids is 2. The first-order valence-electron chi connectivity index (χ1n) is 10.8. The monoisotopic (exact) mass is 518 g/mol. The molecule has 196 valence electrons. The Morgan fingerprint density at radius 1 is 0.973 bits per heavy atom. The van der Waals surface area contributed by atoms with E-state index in [0.717, 1.165) is 38.1 Å². The van der Waals surface area contributed by atoms with Crippen molar-refractivity contribution >= 4 is 22.9 Å². The summed E-state index contributed by atoms with van der Waals surface area (Å²) in [6.45, 7) is 1.83. The molecule has 3 aromatic rings. The first-order valence-corrected chi connectivity index (χ1v) is 10.8. The van der Waals surface area contributed by atoms with Crippen LogP contribution >= 0.6 is 0 Å². The summed E-state index contributed by atoms with van der Waals surface area (Å²) in [4.78, 5) is 36.2. The van der Waals surface area contributed by atoms with E-state index in [0.29, 0.717) is 0 Å². The first-order chi connectivity index (χ1) is 17.5. The smallest absolute Gasteiger partial charge is 0.303 e. The third-order valence-corrected chi connectivity index (χ3v) is 5.43. The van der Waals surface area contributed by atoms with Crippen molar-refractivity contribution < 1.29 is 58.5 Å². The van der Waals surface area contributed by atoms with Gasteiger partial charge in [0.05, 0.1) is 0 Å². The molecule has 4 rings (SSSR count). The molecule has 1 saturated heterocycles. The maximum absolute atomic E-state index is 13.4. The maximum atomic E-state index is 13.4. The lowest BCUT2D eigenvalue weighted by molar-refractivity contribution is -0.158. The minimum Gasteiger partial charge on any atom is -0.508 e. The van der Waals surface area contributed by atoms with Gasteiger partial charge in [0.25, 0.3) is 0 Å². The number of aliphatic hydroxyl groups excluding tert-OH is 1. The van der Waals surface area contributed by atoms with Crippen LogP contribution in [0.15, 0.2) is 39.5 Å². The summed E-state index contributed by atoms with van der Waals surface area (Å²) < 4.78 is 27.0. The van der Waals surface area contributed by atoms with Crippen molar-refractivity contribution in [2.24, 2.45) is 0 Å². The number of phenols is 4. The molecular formula is C24H22O13. The Bertz CT molecular complexity index is 1430. The predicted molar refractivity (Wildman–Crippen MR) is 122 cm³/mol. The van der Waals surface area contributed by atoms with Gasteiger partial charge in [-0.05, 0) is 18.2 Å². The number of benzene rings is 2. The Hall–Kier alpha value is -4.49. The molecule has 13 nitrogen and oxygen atoms in total. The molecule has 5 N–H and O–H groups in total. The zero-order valence-electron chi connectivity index (χ0n) is 19.4. The van der Waals surface area contributed by atoms with Crippen LogP contribution in [0.25, 0.3) is 22.3 Å². The Balaban J connectivity index is 1.82. The van der Waals surface area contributed by atoms with Crippen LogP contribution in [0, 0.1) is 0 Å². The third-order valence-electron chi connectivity index (χ3n) is 5.43. The Morgan fingerprint density at radius 3 is 2.35 bits per heavy atom. The highest BCUT2D eigenvalue weighted by atomic mass is 16.7. The molecule has 2 heterocycles. The maximum Gasteiger partial charge on any atom is 0.303 e. The Morgan fingerprint density at radius 2 is 1.70 bits per heavy atom. The highest BCUT2D eigenvalue weighted by Gasteiger charge is 2.48. The van der Waals surface area contributed by atoms with Crippen LogP contribution in [0.2, 0.25) is 0 Å². The molecule has 0 aliphatic carbocycles. The van der Waals surface area contributed by atoms with E-state index in [4.69, 9.17) is 23.4 Å². The summed E-state index contributed by atoms with van der Waals surface area (Å²) in [7, 11) is 0. The molecule has 2 aromatic carbocycles. The van der Waals surface area contributed by atoms with Gasteiger partial charge in [-0.15, -0.1) is 0 Å². The van der Waals surface area contributed by atoms with Gasteiger partial charge in [0.15, 0.2) is 29.5 Å². The molecule has 1 aliphatic rings. The highest BCUT2D eigenvalue weighted by Crippen LogP contribution is 2.39. The molecule has 13 heteroatoms. The lowest BCUT2D eigenvalue weighted by Crippen LogP contribution is -2.40. The van der Waals surface area contributed by atoms with Gasteiger partial charge in [0.1, 0.15) is 35.2 Å². The topological polar surface area (TPSA) is 202 Å². The van der Waals surface area contributed by atoms with Crippen LogP contribution in [0.4, 0.5) is 0 Å². The fraction of sp³-hybridized carbons (Fsp3) is 0.292. The van der Waals surface area contributed by atoms with Crippen LogP contribution in [-0.2, 0) is 23.8 Å². The lowest BCUT2D eigenvalue weighted by Gasteiger charge is -2.20. The van der Waals surface area contributed by atoms with E-state index in [9.17, 15) is 39.9 Å². The summed E-state index contributed by atoms with van der Waals surface area (Å²) in [6.07, 6.45) is -5.80. The van der Waals surface area contributed by atoms with Crippen LogP contribution < -0.4 is 10.2 Å². The van der Waals surface area contributed by atoms with Crippen LogP contribution in [0.1, 0.15) is 13.8 Å². The molecule has 4 atom stereocenters. The number of phenolic OH excluding ortho intramolecular Hbond substituents is 4. The number of aliphatic hydroxyl groups is 1. The number of fused-ring (bicyclic) bond motifs is 1. The largest absolute Gasteiger partial charge is 0.508 e. The van der Waals surface area contributed by atoms with Crippen molar-refractivity contribution in [1.29, 1.82) is 0 Å². The zero-order valence-corrected chi connectivity index (χ0v) is 19.4. The van der Waals surface area contributed by atoms with Gasteiger partial charge in [0.2, 0.25) is 17.5 Å². The van der Waals surface area contributed by atoms with E-state index in [1.165, 1.54) is 6.07 Å². The van der Waals surface area contributed by atoms with Gasteiger partial charge in [0, 0.05) is 31.5 Å². The Kier molecular flexibility index (Phi) is 6.83. The van der Waals surface area contributed by atoms with Crippen LogP contribution in [0.3, 0.4) is 0 Å². The van der Waals surface area contributed by atoms with Crippen molar-refractivity contribution in [3.63, 3.8) is 0 Å². The van der Waals surface area contributed by atoms with Gasteiger partial charge >= 0.3 is 11.9 Å². The SMILES string of the molecule is CC(=O)OC[C@H]1O[C@H](Oc2c(-c3ccc(O)c(O)c3)oc3cc(O)cc(O)c3c2=O)[C@@H](O)[C@@H]1OC(C)=O. The minimum atomic E-state index is -1.66. The minimum absolute atomic E-state index is 0.0348. The number of hydrogen-bond donors (Lipinski definition) is 5. The van der Waals surface area contributed by atoms with Crippen molar-refractivity contribution in [2.75, 3.05) is 6.61 Å². The molecule has 0 spiro atoms. The summed E-state index contributed by atoms with van der Waals surface area (Å²) in [5.41, 5.74) is -1.15. The van der Waals surface area contributed by atoms with Gasteiger partial charge < -0.3 is 48.9 Å². The van der Waals surface area contributed by atoms with Gasteiger partial charge in [-0.3, -0.25) is 14.4 Å². The fourth-order valence-corrected chi connectivity index (χ4v) is 3.82. The number of ether oxygens (including phenoxy) is 4. The lowest BCUT2D eigenvalue weighted by atomic mass is 10.1. The van der Waals surface area contributed by atoms with Crippen molar-refractivity contribution in [3.8, 4) is 40.1 Å². The zero-order chi connectivity index (χ0) is 27.0. The molecule has 0 saturated carbocycles. The van der Waals surface area contributed by atoms with Gasteiger partial charge in [-0.25, -0.2) is 0 Å². The number of esters is 2. The van der Waals surface area contributed by atoms with E-state index >= 15 is 0 Å². The van der Waals surface area contributed by atoms with E-state index in [1.54, 1.807) is 0 Å². The number of carbonyl (C=O) groups is 2. The average molecular weight is 518 g/mol. The first kappa shape index (κ1) is 25.6. The molecule has 0 radical (unpaired) electrons. The summed E-state index contributed by atoms with van der Waals surface area (Å²) in [5.74, 6) is -4.39. The molecule has 0 amide bonds. The van der Waals surface area contributed by atoms with E-state index in [1.807, 2.05) is 0 Å². The summed E-state index contributed by atoms with van der Waals surface area (Å²) >= 11 is 0. The molecular weight excluding hydrogens is 496 g/mol. The van der Waals surface area contributed by atoms with E-state index < -0.39 is 77.3 Å². The van der Waals surface area contributed by atoms with Crippen LogP contribution in [0.5, 0.6) is 28.7 Å².